The van der Waals surface area contributed by atoms with Gasteiger partial charge in [0, 0.05) is 30.3 Å². The Balaban J connectivity index is 1.74. The number of amides is 1. The highest BCUT2D eigenvalue weighted by Crippen LogP contribution is 2.35. The Morgan fingerprint density at radius 2 is 2.24 bits per heavy atom. The fraction of sp³-hybridized carbons (Fsp3) is 0.562. The summed E-state index contributed by atoms with van der Waals surface area (Å²) < 4.78 is 0. The molecular formula is C16H22N2O2S. The molecule has 4 nitrogen and oxygen atoms in total. The topological polar surface area (TPSA) is 43.8 Å². The molecule has 0 aromatic heterocycles. The first-order valence-electron chi connectivity index (χ1n) is 7.59. The van der Waals surface area contributed by atoms with Gasteiger partial charge in [0.2, 0.25) is 5.91 Å². The minimum atomic E-state index is -0.113. The molecule has 0 radical (unpaired) electrons. The molecule has 1 amide bonds. The van der Waals surface area contributed by atoms with Gasteiger partial charge in [-0.2, -0.15) is 0 Å². The molecular weight excluding hydrogens is 284 g/mol. The fourth-order valence-electron chi connectivity index (χ4n) is 3.14. The lowest BCUT2D eigenvalue weighted by molar-refractivity contribution is -0.123. The van der Waals surface area contributed by atoms with Crippen LogP contribution < -0.4 is 4.90 Å². The summed E-state index contributed by atoms with van der Waals surface area (Å²) >= 11 is 1.82. The van der Waals surface area contributed by atoms with Crippen molar-refractivity contribution in [1.29, 1.82) is 0 Å². The second-order valence-corrected chi connectivity index (χ2v) is 6.95. The molecule has 0 spiro atoms. The van der Waals surface area contributed by atoms with E-state index in [1.807, 2.05) is 41.8 Å². The fourth-order valence-corrected chi connectivity index (χ4v) is 4.14. The highest BCUT2D eigenvalue weighted by Gasteiger charge is 2.33. The van der Waals surface area contributed by atoms with E-state index >= 15 is 0 Å². The normalized spacial score (nSPS) is 23.9. The van der Waals surface area contributed by atoms with Gasteiger partial charge in [-0.15, -0.1) is 11.8 Å². The summed E-state index contributed by atoms with van der Waals surface area (Å²) in [6.07, 6.45) is 0.987. The molecule has 114 valence electrons. The van der Waals surface area contributed by atoms with Crippen LogP contribution in [0, 0.1) is 5.92 Å². The Kier molecular flexibility index (Phi) is 4.52. The average molecular weight is 306 g/mol. The van der Waals surface area contributed by atoms with Crippen LogP contribution in [0.25, 0.3) is 0 Å². The van der Waals surface area contributed by atoms with Crippen LogP contribution in [0.2, 0.25) is 0 Å². The van der Waals surface area contributed by atoms with Gasteiger partial charge in [0.05, 0.1) is 11.7 Å². The lowest BCUT2D eigenvalue weighted by Crippen LogP contribution is -2.48. The number of aliphatic hydroxyl groups excluding tert-OH is 1. The number of benzene rings is 1. The van der Waals surface area contributed by atoms with Crippen LogP contribution in [-0.2, 0) is 4.79 Å². The molecule has 2 heterocycles. The molecule has 21 heavy (non-hydrogen) atoms. The summed E-state index contributed by atoms with van der Waals surface area (Å²) in [5.41, 5.74) is 1.04. The Morgan fingerprint density at radius 1 is 1.43 bits per heavy atom. The van der Waals surface area contributed by atoms with Gasteiger partial charge in [-0.3, -0.25) is 9.69 Å². The van der Waals surface area contributed by atoms with Crippen molar-refractivity contribution in [2.45, 2.75) is 24.3 Å². The molecule has 0 bridgehead atoms. The van der Waals surface area contributed by atoms with Gasteiger partial charge < -0.3 is 10.0 Å². The molecule has 1 aromatic rings. The molecule has 0 saturated carbocycles. The average Bonchev–Trinajstić information content (AvgIpc) is 3.02. The molecule has 1 N–H and O–H groups in total. The first-order chi connectivity index (χ1) is 10.2. The van der Waals surface area contributed by atoms with Crippen molar-refractivity contribution in [1.82, 2.24) is 4.90 Å². The van der Waals surface area contributed by atoms with Gasteiger partial charge in [0.15, 0.2) is 0 Å². The van der Waals surface area contributed by atoms with Crippen LogP contribution in [0.15, 0.2) is 29.2 Å². The van der Waals surface area contributed by atoms with E-state index in [1.54, 1.807) is 0 Å². The van der Waals surface area contributed by atoms with E-state index in [0.717, 1.165) is 37.5 Å². The Bertz CT molecular complexity index is 523. The maximum Gasteiger partial charge on any atom is 0.244 e. The summed E-state index contributed by atoms with van der Waals surface area (Å²) in [6.45, 7) is 4.73. The van der Waals surface area contributed by atoms with E-state index in [4.69, 9.17) is 0 Å². The summed E-state index contributed by atoms with van der Waals surface area (Å²) in [5.74, 6) is 1.46. The molecule has 0 aliphatic carbocycles. The smallest absolute Gasteiger partial charge is 0.244 e. The van der Waals surface area contributed by atoms with Crippen molar-refractivity contribution < 1.29 is 9.90 Å². The molecule has 2 aliphatic heterocycles. The largest absolute Gasteiger partial charge is 0.396 e. The molecule has 1 fully saturated rings. The van der Waals surface area contributed by atoms with Crippen molar-refractivity contribution in [2.24, 2.45) is 5.92 Å². The van der Waals surface area contributed by atoms with Crippen molar-refractivity contribution in [3.05, 3.63) is 24.3 Å². The molecule has 2 atom stereocenters. The lowest BCUT2D eigenvalue weighted by atomic mass is 10.1. The van der Waals surface area contributed by atoms with E-state index in [2.05, 4.69) is 11.0 Å². The first kappa shape index (κ1) is 14.9. The lowest BCUT2D eigenvalue weighted by Gasteiger charge is -2.33. The second kappa shape index (κ2) is 6.38. The molecule has 1 aromatic carbocycles. The van der Waals surface area contributed by atoms with Crippen LogP contribution >= 0.6 is 11.8 Å². The third-order valence-corrected chi connectivity index (χ3v) is 5.52. The number of aliphatic hydroxyl groups is 1. The van der Waals surface area contributed by atoms with Crippen LogP contribution in [0.1, 0.15) is 13.3 Å². The van der Waals surface area contributed by atoms with E-state index < -0.39 is 0 Å². The Morgan fingerprint density at radius 3 is 3.00 bits per heavy atom. The zero-order valence-corrected chi connectivity index (χ0v) is 13.2. The van der Waals surface area contributed by atoms with Crippen molar-refractivity contribution in [3.8, 4) is 0 Å². The molecule has 3 rings (SSSR count). The molecule has 2 unspecified atom stereocenters. The number of rotatable bonds is 3. The van der Waals surface area contributed by atoms with Crippen LogP contribution in [0.3, 0.4) is 0 Å². The number of hydrogen-bond acceptors (Lipinski definition) is 4. The van der Waals surface area contributed by atoms with Crippen LogP contribution in [0.5, 0.6) is 0 Å². The predicted molar refractivity (Wildman–Crippen MR) is 85.7 cm³/mol. The molecule has 2 aliphatic rings. The van der Waals surface area contributed by atoms with Gasteiger partial charge in [-0.1, -0.05) is 12.1 Å². The minimum Gasteiger partial charge on any atom is -0.396 e. The highest BCUT2D eigenvalue weighted by molar-refractivity contribution is 7.99. The predicted octanol–water partition coefficient (Wildman–Crippen LogP) is 1.83. The summed E-state index contributed by atoms with van der Waals surface area (Å²) in [7, 11) is 0. The quantitative estimate of drug-likeness (QED) is 0.925. The van der Waals surface area contributed by atoms with Gasteiger partial charge in [-0.05, 0) is 37.9 Å². The van der Waals surface area contributed by atoms with E-state index in [0.29, 0.717) is 5.92 Å². The summed E-state index contributed by atoms with van der Waals surface area (Å²) in [5, 5.41) is 9.26. The Hall–Kier alpha value is -1.04. The van der Waals surface area contributed by atoms with Gasteiger partial charge in [0.1, 0.15) is 0 Å². The number of para-hydroxylation sites is 1. The van der Waals surface area contributed by atoms with Gasteiger partial charge in [0.25, 0.3) is 0 Å². The molecule has 5 heteroatoms. The third-order valence-electron chi connectivity index (χ3n) is 4.48. The first-order valence-corrected chi connectivity index (χ1v) is 8.57. The maximum atomic E-state index is 12.9. The van der Waals surface area contributed by atoms with Gasteiger partial charge in [-0.25, -0.2) is 0 Å². The maximum absolute atomic E-state index is 12.9. The van der Waals surface area contributed by atoms with E-state index in [1.165, 1.54) is 4.90 Å². The third kappa shape index (κ3) is 2.96. The summed E-state index contributed by atoms with van der Waals surface area (Å²) in [4.78, 5) is 18.2. The van der Waals surface area contributed by atoms with Crippen molar-refractivity contribution in [3.63, 3.8) is 0 Å². The number of hydrogen-bond donors (Lipinski definition) is 1. The zero-order chi connectivity index (χ0) is 14.8. The number of fused-ring (bicyclic) bond motifs is 1. The van der Waals surface area contributed by atoms with E-state index in [-0.39, 0.29) is 18.6 Å². The number of nitrogens with zero attached hydrogens (tertiary/aromatic N) is 2. The number of anilines is 1. The second-order valence-electron chi connectivity index (χ2n) is 5.81. The summed E-state index contributed by atoms with van der Waals surface area (Å²) in [6, 6.07) is 8.02. The Labute approximate surface area is 130 Å². The van der Waals surface area contributed by atoms with Crippen LogP contribution in [-0.4, -0.2) is 53.9 Å². The van der Waals surface area contributed by atoms with Crippen molar-refractivity contribution in [2.75, 3.05) is 36.9 Å². The SMILES string of the molecule is CC(C(=O)N1CCSc2ccccc21)N1CCC(CO)C1. The van der Waals surface area contributed by atoms with E-state index in [9.17, 15) is 9.90 Å². The zero-order valence-electron chi connectivity index (χ0n) is 12.4. The number of likely N-dealkylation sites (tertiary alicyclic amines) is 1. The number of carbonyl (C=O) groups excluding carboxylic acids is 1. The standard InChI is InChI=1S/C16H22N2O2S/c1-12(17-7-6-13(10-17)11-19)16(20)18-8-9-21-15-5-3-2-4-14(15)18/h2-5,12-13,19H,6-11H2,1H3. The highest BCUT2D eigenvalue weighted by atomic mass is 32.2. The molecule has 1 saturated heterocycles. The van der Waals surface area contributed by atoms with Gasteiger partial charge >= 0.3 is 0 Å². The number of thioether (sulfide) groups is 1. The van der Waals surface area contributed by atoms with Crippen molar-refractivity contribution >= 4 is 23.4 Å². The minimum absolute atomic E-state index is 0.113. The number of carbonyl (C=O) groups is 1. The monoisotopic (exact) mass is 306 g/mol. The van der Waals surface area contributed by atoms with Crippen LogP contribution in [0.4, 0.5) is 5.69 Å².